The van der Waals surface area contributed by atoms with Gasteiger partial charge in [0.2, 0.25) is 5.91 Å². The summed E-state index contributed by atoms with van der Waals surface area (Å²) >= 11 is 0. The first-order valence-electron chi connectivity index (χ1n) is 5.68. The van der Waals surface area contributed by atoms with Crippen molar-refractivity contribution in [3.63, 3.8) is 0 Å². The van der Waals surface area contributed by atoms with Gasteiger partial charge in [0, 0.05) is 12.4 Å². The molecule has 2 aromatic rings. The lowest BCUT2D eigenvalue weighted by Crippen LogP contribution is -2.10. The fraction of sp³-hybridized carbons (Fsp3) is 0.143. The van der Waals surface area contributed by atoms with Crippen LogP contribution in [0.1, 0.15) is 15.9 Å². The van der Waals surface area contributed by atoms with Gasteiger partial charge in [-0.3, -0.25) is 9.78 Å². The molecule has 1 aromatic heterocycles. The number of aromatic nitrogens is 1. The predicted octanol–water partition coefficient (Wildman–Crippen LogP) is 1.37. The minimum atomic E-state index is -0.442. The normalized spacial score (nSPS) is 9.17. The number of rotatable bonds is 3. The Morgan fingerprint density at radius 2 is 1.83 bits per heavy atom. The maximum absolute atomic E-state index is 10.4. The van der Waals surface area contributed by atoms with E-state index in [-0.39, 0.29) is 0 Å². The molecule has 0 radical (unpaired) electrons. The van der Waals surface area contributed by atoms with E-state index in [0.717, 1.165) is 13.0 Å². The van der Waals surface area contributed by atoms with Crippen LogP contribution in [0.4, 0.5) is 0 Å². The average molecular weight is 243 g/mol. The minimum Gasteiger partial charge on any atom is -0.366 e. The molecule has 0 saturated heterocycles. The molecule has 0 fully saturated rings. The number of hydrogen-bond donors (Lipinski definition) is 2. The molecule has 1 heterocycles. The van der Waals surface area contributed by atoms with Gasteiger partial charge in [0.1, 0.15) is 0 Å². The van der Waals surface area contributed by atoms with E-state index in [1.807, 2.05) is 18.2 Å². The van der Waals surface area contributed by atoms with Crippen LogP contribution >= 0.6 is 0 Å². The lowest BCUT2D eigenvalue weighted by atomic mass is 10.2. The number of hydrogen-bond acceptors (Lipinski definition) is 3. The summed E-state index contributed by atoms with van der Waals surface area (Å²) in [5, 5.41) is 0. The van der Waals surface area contributed by atoms with Crippen LogP contribution in [0.2, 0.25) is 0 Å². The highest BCUT2D eigenvalue weighted by atomic mass is 16.1. The van der Waals surface area contributed by atoms with Crippen molar-refractivity contribution in [2.45, 2.75) is 6.42 Å². The van der Waals surface area contributed by atoms with Gasteiger partial charge >= 0.3 is 0 Å². The maximum atomic E-state index is 10.4. The average Bonchev–Trinajstić information content (AvgIpc) is 2.42. The number of carbonyl (C=O) groups excluding carboxylic acids is 1. The first-order chi connectivity index (χ1) is 8.74. The third-order valence-electron chi connectivity index (χ3n) is 2.22. The summed E-state index contributed by atoms with van der Waals surface area (Å²) in [6.45, 7) is 0.740. The van der Waals surface area contributed by atoms with Crippen molar-refractivity contribution in [1.82, 2.24) is 4.98 Å². The molecule has 0 saturated carbocycles. The van der Waals surface area contributed by atoms with Crippen LogP contribution in [0, 0.1) is 0 Å². The van der Waals surface area contributed by atoms with Gasteiger partial charge in [-0.15, -0.1) is 0 Å². The SMILES string of the molecule is NC(=O)c1cccnc1.NCCc1ccccc1. The van der Waals surface area contributed by atoms with Crippen LogP contribution in [-0.4, -0.2) is 17.4 Å². The largest absolute Gasteiger partial charge is 0.366 e. The van der Waals surface area contributed by atoms with E-state index in [2.05, 4.69) is 17.1 Å². The molecule has 0 unspecified atom stereocenters. The van der Waals surface area contributed by atoms with Crippen molar-refractivity contribution in [1.29, 1.82) is 0 Å². The van der Waals surface area contributed by atoms with E-state index in [1.165, 1.54) is 11.8 Å². The van der Waals surface area contributed by atoms with Crippen molar-refractivity contribution in [2.24, 2.45) is 11.5 Å². The topological polar surface area (TPSA) is 82.0 Å². The molecule has 0 spiro atoms. The first kappa shape index (κ1) is 13.9. The predicted molar refractivity (Wildman–Crippen MR) is 72.0 cm³/mol. The molecule has 2 rings (SSSR count). The molecule has 18 heavy (non-hydrogen) atoms. The van der Waals surface area contributed by atoms with Crippen molar-refractivity contribution in [2.75, 3.05) is 6.54 Å². The molecule has 0 bridgehead atoms. The molecule has 0 atom stereocenters. The summed E-state index contributed by atoms with van der Waals surface area (Å²) in [5.41, 5.74) is 12.1. The highest BCUT2D eigenvalue weighted by Crippen LogP contribution is 1.96. The molecule has 4 heteroatoms. The monoisotopic (exact) mass is 243 g/mol. The second-order valence-electron chi connectivity index (χ2n) is 3.63. The number of nitrogens with zero attached hydrogens (tertiary/aromatic N) is 1. The van der Waals surface area contributed by atoms with Crippen LogP contribution in [-0.2, 0) is 6.42 Å². The number of pyridine rings is 1. The zero-order valence-corrected chi connectivity index (χ0v) is 10.1. The summed E-state index contributed by atoms with van der Waals surface area (Å²) < 4.78 is 0. The van der Waals surface area contributed by atoms with Gasteiger partial charge in [0.05, 0.1) is 5.56 Å². The van der Waals surface area contributed by atoms with Gasteiger partial charge in [-0.1, -0.05) is 30.3 Å². The number of amides is 1. The van der Waals surface area contributed by atoms with Gasteiger partial charge in [-0.25, -0.2) is 0 Å². The van der Waals surface area contributed by atoms with Crippen LogP contribution < -0.4 is 11.5 Å². The summed E-state index contributed by atoms with van der Waals surface area (Å²) in [5.74, 6) is -0.442. The molecular formula is C14H17N3O. The minimum absolute atomic E-state index is 0.442. The fourth-order valence-corrected chi connectivity index (χ4v) is 1.32. The van der Waals surface area contributed by atoms with Crippen LogP contribution in [0.15, 0.2) is 54.9 Å². The van der Waals surface area contributed by atoms with Crippen molar-refractivity contribution in [3.8, 4) is 0 Å². The maximum Gasteiger partial charge on any atom is 0.250 e. The Hall–Kier alpha value is -2.20. The number of carbonyl (C=O) groups is 1. The summed E-state index contributed by atoms with van der Waals surface area (Å²) in [6.07, 6.45) is 4.01. The molecule has 0 aliphatic rings. The Morgan fingerprint density at radius 1 is 1.11 bits per heavy atom. The van der Waals surface area contributed by atoms with Gasteiger partial charge < -0.3 is 11.5 Å². The molecule has 4 N–H and O–H groups in total. The third-order valence-corrected chi connectivity index (χ3v) is 2.22. The Morgan fingerprint density at radius 3 is 2.28 bits per heavy atom. The van der Waals surface area contributed by atoms with Crippen molar-refractivity contribution >= 4 is 5.91 Å². The zero-order valence-electron chi connectivity index (χ0n) is 10.1. The van der Waals surface area contributed by atoms with Crippen LogP contribution in [0.25, 0.3) is 0 Å². The Balaban J connectivity index is 0.000000180. The lowest BCUT2D eigenvalue weighted by Gasteiger charge is -1.93. The smallest absolute Gasteiger partial charge is 0.250 e. The summed E-state index contributed by atoms with van der Waals surface area (Å²) in [6, 6.07) is 13.5. The highest BCUT2D eigenvalue weighted by Gasteiger charge is 1.94. The number of nitrogens with two attached hydrogens (primary N) is 2. The van der Waals surface area contributed by atoms with Crippen molar-refractivity contribution in [3.05, 3.63) is 66.0 Å². The Kier molecular flexibility index (Phi) is 6.14. The van der Waals surface area contributed by atoms with Gasteiger partial charge in [-0.05, 0) is 30.7 Å². The van der Waals surface area contributed by atoms with Gasteiger partial charge in [0.15, 0.2) is 0 Å². The molecule has 0 aliphatic heterocycles. The van der Waals surface area contributed by atoms with Crippen LogP contribution in [0.5, 0.6) is 0 Å². The second kappa shape index (κ2) is 7.97. The van der Waals surface area contributed by atoms with Crippen LogP contribution in [0.3, 0.4) is 0 Å². The molecule has 4 nitrogen and oxygen atoms in total. The van der Waals surface area contributed by atoms with Gasteiger partial charge in [0.25, 0.3) is 0 Å². The van der Waals surface area contributed by atoms with E-state index in [9.17, 15) is 4.79 Å². The summed E-state index contributed by atoms with van der Waals surface area (Å²) in [4.78, 5) is 14.1. The first-order valence-corrected chi connectivity index (χ1v) is 5.68. The quantitative estimate of drug-likeness (QED) is 0.854. The Labute approximate surface area is 107 Å². The van der Waals surface area contributed by atoms with E-state index in [4.69, 9.17) is 11.5 Å². The second-order valence-corrected chi connectivity index (χ2v) is 3.63. The summed E-state index contributed by atoms with van der Waals surface area (Å²) in [7, 11) is 0. The highest BCUT2D eigenvalue weighted by molar-refractivity contribution is 5.92. The van der Waals surface area contributed by atoms with Gasteiger partial charge in [-0.2, -0.15) is 0 Å². The van der Waals surface area contributed by atoms with E-state index < -0.39 is 5.91 Å². The molecular weight excluding hydrogens is 226 g/mol. The standard InChI is InChI=1S/C8H11N.C6H6N2O/c9-7-6-8-4-2-1-3-5-8;7-6(9)5-2-1-3-8-4-5/h1-5H,6-7,9H2;1-4H,(H2,7,9). The van der Waals surface area contributed by atoms with E-state index in [0.29, 0.717) is 5.56 Å². The number of primary amides is 1. The van der Waals surface area contributed by atoms with Crippen molar-refractivity contribution < 1.29 is 4.79 Å². The Bertz CT molecular complexity index is 457. The van der Waals surface area contributed by atoms with E-state index >= 15 is 0 Å². The van der Waals surface area contributed by atoms with E-state index in [1.54, 1.807) is 18.3 Å². The lowest BCUT2D eigenvalue weighted by molar-refractivity contribution is 0.1000. The molecule has 94 valence electrons. The molecule has 1 aromatic carbocycles. The molecule has 1 amide bonds. The fourth-order valence-electron chi connectivity index (χ4n) is 1.32. The zero-order chi connectivity index (χ0) is 13.2. The number of benzene rings is 1. The molecule has 0 aliphatic carbocycles. The third kappa shape index (κ3) is 5.23.